The van der Waals surface area contributed by atoms with Gasteiger partial charge in [-0.15, -0.1) is 0 Å². The maximum Gasteiger partial charge on any atom is 0.178 e. The van der Waals surface area contributed by atoms with Gasteiger partial charge in [0.2, 0.25) is 0 Å². The zero-order chi connectivity index (χ0) is 11.8. The predicted octanol–water partition coefficient (Wildman–Crippen LogP) is 1.91. The van der Waals surface area contributed by atoms with E-state index >= 15 is 0 Å². The van der Waals surface area contributed by atoms with E-state index in [-0.39, 0.29) is 0 Å². The minimum absolute atomic E-state index is 0.479. The van der Waals surface area contributed by atoms with Crippen LogP contribution in [0.4, 0.5) is 5.82 Å². The van der Waals surface area contributed by atoms with Gasteiger partial charge in [-0.2, -0.15) is 0 Å². The first-order valence-electron chi connectivity index (χ1n) is 5.27. The van der Waals surface area contributed by atoms with Crippen molar-refractivity contribution in [1.82, 2.24) is 19.9 Å². The van der Waals surface area contributed by atoms with Crippen molar-refractivity contribution < 1.29 is 0 Å². The van der Waals surface area contributed by atoms with Gasteiger partial charge in [0.1, 0.15) is 11.6 Å². The summed E-state index contributed by atoms with van der Waals surface area (Å²) in [5.74, 6) is 1.24. The number of hydrogen-bond acceptors (Lipinski definition) is 4. The Balaban J connectivity index is 2.22. The molecule has 0 aliphatic carbocycles. The van der Waals surface area contributed by atoms with E-state index in [9.17, 15) is 0 Å². The Hall–Kier alpha value is -2.43. The molecule has 3 aromatic rings. The van der Waals surface area contributed by atoms with Crippen LogP contribution in [0.25, 0.3) is 22.6 Å². The summed E-state index contributed by atoms with van der Waals surface area (Å²) in [6, 6.07) is 5.60. The predicted molar refractivity (Wildman–Crippen MR) is 66.3 cm³/mol. The molecular formula is C12H11N5. The number of aromatic nitrogens is 4. The Morgan fingerprint density at radius 2 is 2.00 bits per heavy atom. The second kappa shape index (κ2) is 3.55. The van der Waals surface area contributed by atoms with Gasteiger partial charge < -0.3 is 10.7 Å². The highest BCUT2D eigenvalue weighted by Crippen LogP contribution is 2.21. The lowest BCUT2D eigenvalue weighted by atomic mass is 10.2. The molecule has 3 rings (SSSR count). The molecule has 0 aromatic carbocycles. The Kier molecular flexibility index (Phi) is 2.04. The number of pyridine rings is 2. The fourth-order valence-electron chi connectivity index (χ4n) is 1.77. The van der Waals surface area contributed by atoms with Crippen molar-refractivity contribution in [3.05, 3.63) is 36.2 Å². The fourth-order valence-corrected chi connectivity index (χ4v) is 1.77. The summed E-state index contributed by atoms with van der Waals surface area (Å²) in [5.41, 5.74) is 9.36. The van der Waals surface area contributed by atoms with Crippen LogP contribution in [0.2, 0.25) is 0 Å². The van der Waals surface area contributed by atoms with Crippen molar-refractivity contribution in [2.24, 2.45) is 0 Å². The van der Waals surface area contributed by atoms with Crippen LogP contribution in [0.5, 0.6) is 0 Å². The first kappa shape index (κ1) is 9.77. The van der Waals surface area contributed by atoms with E-state index in [1.165, 1.54) is 0 Å². The van der Waals surface area contributed by atoms with Crippen LogP contribution in [0.15, 0.2) is 30.6 Å². The van der Waals surface area contributed by atoms with Gasteiger partial charge in [0, 0.05) is 18.0 Å². The van der Waals surface area contributed by atoms with Crippen LogP contribution in [0.3, 0.4) is 0 Å². The Labute approximate surface area is 97.7 Å². The lowest BCUT2D eigenvalue weighted by Gasteiger charge is -1.96. The number of aromatic amines is 1. The second-order valence-corrected chi connectivity index (χ2v) is 3.88. The van der Waals surface area contributed by atoms with Crippen LogP contribution in [-0.4, -0.2) is 19.9 Å². The molecular weight excluding hydrogens is 214 g/mol. The van der Waals surface area contributed by atoms with E-state index in [4.69, 9.17) is 5.73 Å². The zero-order valence-corrected chi connectivity index (χ0v) is 9.31. The SMILES string of the molecule is Cc1ccnc2nc(-c3ccnc(N)c3)[nH]c12. The molecule has 0 radical (unpaired) electrons. The Morgan fingerprint density at radius 1 is 1.18 bits per heavy atom. The highest BCUT2D eigenvalue weighted by atomic mass is 15.0. The molecule has 3 N–H and O–H groups in total. The highest BCUT2D eigenvalue weighted by Gasteiger charge is 2.07. The average molecular weight is 225 g/mol. The third kappa shape index (κ3) is 1.61. The number of rotatable bonds is 1. The molecule has 0 amide bonds. The summed E-state index contributed by atoms with van der Waals surface area (Å²) in [6.45, 7) is 2.02. The number of fused-ring (bicyclic) bond motifs is 1. The Bertz CT molecular complexity index is 686. The molecule has 3 aromatic heterocycles. The number of imidazole rings is 1. The smallest absolute Gasteiger partial charge is 0.178 e. The summed E-state index contributed by atoms with van der Waals surface area (Å²) < 4.78 is 0. The number of H-pyrrole nitrogens is 1. The molecule has 0 unspecified atom stereocenters. The van der Waals surface area contributed by atoms with Crippen LogP contribution in [0, 0.1) is 6.92 Å². The number of nitrogens with zero attached hydrogens (tertiary/aromatic N) is 3. The van der Waals surface area contributed by atoms with Crippen molar-refractivity contribution in [1.29, 1.82) is 0 Å². The monoisotopic (exact) mass is 225 g/mol. The van der Waals surface area contributed by atoms with Crippen molar-refractivity contribution in [2.75, 3.05) is 5.73 Å². The van der Waals surface area contributed by atoms with E-state index in [1.54, 1.807) is 18.5 Å². The number of nitrogens with two attached hydrogens (primary N) is 1. The molecule has 17 heavy (non-hydrogen) atoms. The molecule has 5 nitrogen and oxygen atoms in total. The topological polar surface area (TPSA) is 80.5 Å². The van der Waals surface area contributed by atoms with Crippen LogP contribution >= 0.6 is 0 Å². The molecule has 5 heteroatoms. The van der Waals surface area contributed by atoms with Gasteiger partial charge in [-0.05, 0) is 30.7 Å². The molecule has 0 aliphatic heterocycles. The minimum Gasteiger partial charge on any atom is -0.384 e. The fraction of sp³-hybridized carbons (Fsp3) is 0.0833. The van der Waals surface area contributed by atoms with Gasteiger partial charge in [-0.1, -0.05) is 0 Å². The second-order valence-electron chi connectivity index (χ2n) is 3.88. The maximum absolute atomic E-state index is 5.65. The van der Waals surface area contributed by atoms with Crippen LogP contribution < -0.4 is 5.73 Å². The quantitative estimate of drug-likeness (QED) is 0.663. The number of nitrogen functional groups attached to an aromatic ring is 1. The van der Waals surface area contributed by atoms with Gasteiger partial charge in [-0.3, -0.25) is 0 Å². The number of nitrogens with one attached hydrogen (secondary N) is 1. The largest absolute Gasteiger partial charge is 0.384 e. The molecule has 0 saturated carbocycles. The molecule has 0 fully saturated rings. The minimum atomic E-state index is 0.479. The van der Waals surface area contributed by atoms with Crippen molar-refractivity contribution >= 4 is 17.0 Å². The first-order chi connectivity index (χ1) is 8.24. The van der Waals surface area contributed by atoms with Gasteiger partial charge >= 0.3 is 0 Å². The molecule has 0 spiro atoms. The molecule has 0 atom stereocenters. The third-order valence-corrected chi connectivity index (χ3v) is 2.65. The molecule has 0 bridgehead atoms. The molecule has 3 heterocycles. The summed E-state index contributed by atoms with van der Waals surface area (Å²) in [6.07, 6.45) is 3.42. The lowest BCUT2D eigenvalue weighted by molar-refractivity contribution is 1.28. The molecule has 0 saturated heterocycles. The normalized spacial score (nSPS) is 10.9. The summed E-state index contributed by atoms with van der Waals surface area (Å²) in [5, 5.41) is 0. The summed E-state index contributed by atoms with van der Waals surface area (Å²) >= 11 is 0. The van der Waals surface area contributed by atoms with Crippen molar-refractivity contribution in [3.8, 4) is 11.4 Å². The van der Waals surface area contributed by atoms with Crippen LogP contribution in [-0.2, 0) is 0 Å². The van der Waals surface area contributed by atoms with Crippen LogP contribution in [0.1, 0.15) is 5.56 Å². The van der Waals surface area contributed by atoms with E-state index in [2.05, 4.69) is 19.9 Å². The maximum atomic E-state index is 5.65. The third-order valence-electron chi connectivity index (χ3n) is 2.65. The van der Waals surface area contributed by atoms with Crippen molar-refractivity contribution in [3.63, 3.8) is 0 Å². The summed E-state index contributed by atoms with van der Waals surface area (Å²) in [4.78, 5) is 15.9. The zero-order valence-electron chi connectivity index (χ0n) is 9.31. The van der Waals surface area contributed by atoms with Gasteiger partial charge in [0.05, 0.1) is 5.52 Å². The van der Waals surface area contributed by atoms with E-state index in [0.29, 0.717) is 5.82 Å². The van der Waals surface area contributed by atoms with Crippen molar-refractivity contribution in [2.45, 2.75) is 6.92 Å². The first-order valence-corrected chi connectivity index (χ1v) is 5.27. The standard InChI is InChI=1S/C12H11N5/c1-7-2-4-15-12-10(7)16-11(17-12)8-3-5-14-9(13)6-8/h2-6H,1H3,(H2,13,14)(H,15,16,17). The van der Waals surface area contributed by atoms with E-state index in [0.717, 1.165) is 28.1 Å². The number of anilines is 1. The van der Waals surface area contributed by atoms with E-state index in [1.807, 2.05) is 19.1 Å². The van der Waals surface area contributed by atoms with E-state index < -0.39 is 0 Å². The van der Waals surface area contributed by atoms with Gasteiger partial charge in [-0.25, -0.2) is 15.0 Å². The summed E-state index contributed by atoms with van der Waals surface area (Å²) in [7, 11) is 0. The highest BCUT2D eigenvalue weighted by molar-refractivity contribution is 5.78. The van der Waals surface area contributed by atoms with Gasteiger partial charge in [0.15, 0.2) is 5.65 Å². The van der Waals surface area contributed by atoms with Gasteiger partial charge in [0.25, 0.3) is 0 Å². The number of hydrogen-bond donors (Lipinski definition) is 2. The number of aryl methyl sites for hydroxylation is 1. The lowest BCUT2D eigenvalue weighted by Crippen LogP contribution is -1.90. The molecule has 84 valence electrons. The Morgan fingerprint density at radius 3 is 2.76 bits per heavy atom. The molecule has 0 aliphatic rings. The average Bonchev–Trinajstić information content (AvgIpc) is 2.74.